The molecule has 4 nitrogen and oxygen atoms in total. The third-order valence-corrected chi connectivity index (χ3v) is 3.83. The number of nitrogens with two attached hydrogens (primary N) is 2. The van der Waals surface area contributed by atoms with Crippen molar-refractivity contribution in [2.24, 2.45) is 11.7 Å². The molecule has 2 rings (SSSR count). The molecule has 0 spiro atoms. The van der Waals surface area contributed by atoms with Gasteiger partial charge in [-0.05, 0) is 37.8 Å². The molecule has 1 aliphatic rings. The highest BCUT2D eigenvalue weighted by atomic mass is 19.1. The van der Waals surface area contributed by atoms with Gasteiger partial charge in [0.1, 0.15) is 5.82 Å². The Labute approximate surface area is 112 Å². The molecule has 1 fully saturated rings. The average molecular weight is 265 g/mol. The zero-order valence-corrected chi connectivity index (χ0v) is 11.3. The molecule has 2 atom stereocenters. The number of carbonyl (C=O) groups is 1. The number of benzene rings is 1. The summed E-state index contributed by atoms with van der Waals surface area (Å²) in [6.07, 6.45) is 2.02. The Morgan fingerprint density at radius 2 is 2.11 bits per heavy atom. The second-order valence-corrected chi connectivity index (χ2v) is 5.43. The largest absolute Gasteiger partial charge is 0.398 e. The maximum atomic E-state index is 14.1. The van der Waals surface area contributed by atoms with E-state index in [9.17, 15) is 9.18 Å². The fourth-order valence-electron chi connectivity index (χ4n) is 2.78. The van der Waals surface area contributed by atoms with Gasteiger partial charge in [0.05, 0.1) is 11.3 Å². The Balaban J connectivity index is 2.39. The lowest BCUT2D eigenvalue weighted by Gasteiger charge is -2.38. The first-order valence-corrected chi connectivity index (χ1v) is 6.55. The quantitative estimate of drug-likeness (QED) is 0.805. The van der Waals surface area contributed by atoms with Crippen LogP contribution in [0.25, 0.3) is 0 Å². The number of hydrogen-bond acceptors (Lipinski definition) is 3. The van der Waals surface area contributed by atoms with E-state index in [1.165, 1.54) is 12.1 Å². The van der Waals surface area contributed by atoms with Gasteiger partial charge in [-0.1, -0.05) is 6.92 Å². The molecule has 1 saturated heterocycles. The number of primary amides is 1. The summed E-state index contributed by atoms with van der Waals surface area (Å²) in [6.45, 7) is 5.04. The van der Waals surface area contributed by atoms with E-state index < -0.39 is 11.7 Å². The number of amides is 1. The molecule has 1 aliphatic heterocycles. The molecule has 5 heteroatoms. The van der Waals surface area contributed by atoms with E-state index in [2.05, 4.69) is 13.8 Å². The molecule has 0 saturated carbocycles. The van der Waals surface area contributed by atoms with Crippen molar-refractivity contribution in [3.8, 4) is 0 Å². The highest BCUT2D eigenvalue weighted by Gasteiger charge is 2.26. The van der Waals surface area contributed by atoms with Crippen LogP contribution in [0.3, 0.4) is 0 Å². The first-order chi connectivity index (χ1) is 8.90. The zero-order valence-electron chi connectivity index (χ0n) is 11.3. The second-order valence-electron chi connectivity index (χ2n) is 5.43. The van der Waals surface area contributed by atoms with Crippen LogP contribution in [0.15, 0.2) is 12.1 Å². The predicted molar refractivity (Wildman–Crippen MR) is 74.5 cm³/mol. The highest BCUT2D eigenvalue weighted by Crippen LogP contribution is 2.32. The lowest BCUT2D eigenvalue weighted by Crippen LogP contribution is -2.40. The summed E-state index contributed by atoms with van der Waals surface area (Å²) in [6, 6.07) is 2.89. The van der Waals surface area contributed by atoms with E-state index in [4.69, 9.17) is 11.5 Å². The minimum atomic E-state index is -0.628. The van der Waals surface area contributed by atoms with Gasteiger partial charge in [-0.2, -0.15) is 0 Å². The van der Waals surface area contributed by atoms with Crippen molar-refractivity contribution in [3.05, 3.63) is 23.5 Å². The average Bonchev–Trinajstić information content (AvgIpc) is 2.30. The number of nitrogens with zero attached hydrogens (tertiary/aromatic N) is 1. The summed E-state index contributed by atoms with van der Waals surface area (Å²) >= 11 is 0. The lowest BCUT2D eigenvalue weighted by molar-refractivity contribution is 0.100. The van der Waals surface area contributed by atoms with Crippen LogP contribution in [-0.4, -0.2) is 18.5 Å². The van der Waals surface area contributed by atoms with Crippen molar-refractivity contribution in [2.75, 3.05) is 17.2 Å². The summed E-state index contributed by atoms with van der Waals surface area (Å²) in [4.78, 5) is 13.3. The van der Waals surface area contributed by atoms with Gasteiger partial charge in [-0.25, -0.2) is 4.39 Å². The molecule has 104 valence electrons. The van der Waals surface area contributed by atoms with E-state index in [0.717, 1.165) is 19.4 Å². The van der Waals surface area contributed by atoms with Gasteiger partial charge in [-0.3, -0.25) is 4.79 Å². The van der Waals surface area contributed by atoms with E-state index in [1.807, 2.05) is 4.90 Å². The highest BCUT2D eigenvalue weighted by molar-refractivity contribution is 5.99. The van der Waals surface area contributed by atoms with Crippen LogP contribution in [0.4, 0.5) is 15.8 Å². The maximum absolute atomic E-state index is 14.1. The minimum absolute atomic E-state index is 0.0896. The SMILES string of the molecule is CC1CCN(c2cc(C(N)=O)c(N)cc2F)C(C)C1. The summed E-state index contributed by atoms with van der Waals surface area (Å²) in [5.74, 6) is -0.389. The van der Waals surface area contributed by atoms with E-state index in [0.29, 0.717) is 11.6 Å². The number of anilines is 2. The molecule has 0 bridgehead atoms. The third kappa shape index (κ3) is 2.64. The van der Waals surface area contributed by atoms with Gasteiger partial charge >= 0.3 is 0 Å². The molecule has 4 N–H and O–H groups in total. The van der Waals surface area contributed by atoms with Gasteiger partial charge in [0.2, 0.25) is 0 Å². The van der Waals surface area contributed by atoms with Gasteiger partial charge < -0.3 is 16.4 Å². The van der Waals surface area contributed by atoms with Crippen LogP contribution in [0.5, 0.6) is 0 Å². The predicted octanol–water partition coefficient (Wildman–Crippen LogP) is 2.13. The van der Waals surface area contributed by atoms with Crippen molar-refractivity contribution >= 4 is 17.3 Å². The van der Waals surface area contributed by atoms with E-state index in [1.54, 1.807) is 0 Å². The molecular weight excluding hydrogens is 245 g/mol. The summed E-state index contributed by atoms with van der Waals surface area (Å²) in [7, 11) is 0. The van der Waals surface area contributed by atoms with Gasteiger partial charge in [0.25, 0.3) is 5.91 Å². The normalized spacial score (nSPS) is 23.4. The minimum Gasteiger partial charge on any atom is -0.398 e. The lowest BCUT2D eigenvalue weighted by atomic mass is 9.92. The first-order valence-electron chi connectivity index (χ1n) is 6.55. The number of nitrogen functional groups attached to an aromatic ring is 1. The van der Waals surface area contributed by atoms with Crippen LogP contribution in [-0.2, 0) is 0 Å². The third-order valence-electron chi connectivity index (χ3n) is 3.83. The summed E-state index contributed by atoms with van der Waals surface area (Å²) in [5.41, 5.74) is 11.6. The molecule has 1 aromatic carbocycles. The number of hydrogen-bond donors (Lipinski definition) is 2. The molecule has 2 unspecified atom stereocenters. The monoisotopic (exact) mass is 265 g/mol. The molecule has 1 aromatic rings. The van der Waals surface area contributed by atoms with Crippen molar-refractivity contribution in [1.82, 2.24) is 0 Å². The van der Waals surface area contributed by atoms with Crippen molar-refractivity contribution in [2.45, 2.75) is 32.7 Å². The Morgan fingerprint density at radius 1 is 1.42 bits per heavy atom. The van der Waals surface area contributed by atoms with Gasteiger partial charge in [0.15, 0.2) is 0 Å². The van der Waals surface area contributed by atoms with Crippen LogP contribution < -0.4 is 16.4 Å². The number of carbonyl (C=O) groups excluding carboxylic acids is 1. The number of rotatable bonds is 2. The molecule has 1 heterocycles. The summed E-state index contributed by atoms with van der Waals surface area (Å²) < 4.78 is 14.1. The van der Waals surface area contributed by atoms with E-state index in [-0.39, 0.29) is 17.3 Å². The summed E-state index contributed by atoms with van der Waals surface area (Å²) in [5, 5.41) is 0. The molecule has 1 amide bonds. The van der Waals surface area contributed by atoms with Crippen LogP contribution in [0.2, 0.25) is 0 Å². The van der Waals surface area contributed by atoms with Crippen molar-refractivity contribution in [3.63, 3.8) is 0 Å². The fourth-order valence-corrected chi connectivity index (χ4v) is 2.78. The van der Waals surface area contributed by atoms with Crippen molar-refractivity contribution in [1.29, 1.82) is 0 Å². The molecule has 0 aromatic heterocycles. The van der Waals surface area contributed by atoms with E-state index >= 15 is 0 Å². The Hall–Kier alpha value is -1.78. The van der Waals surface area contributed by atoms with Gasteiger partial charge in [-0.15, -0.1) is 0 Å². The topological polar surface area (TPSA) is 72.3 Å². The molecule has 0 radical (unpaired) electrons. The smallest absolute Gasteiger partial charge is 0.250 e. The first kappa shape index (κ1) is 13.6. The number of piperidine rings is 1. The van der Waals surface area contributed by atoms with Gasteiger partial charge in [0, 0.05) is 18.3 Å². The van der Waals surface area contributed by atoms with Crippen LogP contribution >= 0.6 is 0 Å². The Bertz CT molecular complexity index is 504. The maximum Gasteiger partial charge on any atom is 0.250 e. The standard InChI is InChI=1S/C14H20FN3O/c1-8-3-4-18(9(2)5-8)13-6-10(14(17)19)12(16)7-11(13)15/h6-9H,3-5,16H2,1-2H3,(H2,17,19). The Morgan fingerprint density at radius 3 is 2.68 bits per heavy atom. The fraction of sp³-hybridized carbons (Fsp3) is 0.500. The van der Waals surface area contributed by atoms with Crippen LogP contribution in [0, 0.1) is 11.7 Å². The second kappa shape index (κ2) is 5.07. The number of halogens is 1. The molecule has 19 heavy (non-hydrogen) atoms. The molecule has 0 aliphatic carbocycles. The van der Waals surface area contributed by atoms with Crippen LogP contribution in [0.1, 0.15) is 37.0 Å². The Kier molecular flexibility index (Phi) is 3.64. The molecular formula is C14H20FN3O. The zero-order chi connectivity index (χ0) is 14.2. The van der Waals surface area contributed by atoms with Crippen molar-refractivity contribution < 1.29 is 9.18 Å².